The molecule has 0 amide bonds. The summed E-state index contributed by atoms with van der Waals surface area (Å²) in [7, 11) is 0. The van der Waals surface area contributed by atoms with Crippen molar-refractivity contribution in [2.24, 2.45) is 0 Å². The van der Waals surface area contributed by atoms with Gasteiger partial charge in [0.2, 0.25) is 0 Å². The Kier molecular flexibility index (Phi) is 3.98. The van der Waals surface area contributed by atoms with Gasteiger partial charge in [0.15, 0.2) is 0 Å². The van der Waals surface area contributed by atoms with Crippen LogP contribution in [0.25, 0.3) is 0 Å². The molecule has 0 unspecified atom stereocenters. The maximum absolute atomic E-state index is 5.75. The molecule has 0 aromatic carbocycles. The molecule has 1 aromatic heterocycles. The van der Waals surface area contributed by atoms with Gasteiger partial charge in [0, 0.05) is 32.6 Å². The van der Waals surface area contributed by atoms with E-state index in [4.69, 9.17) is 9.15 Å². The first kappa shape index (κ1) is 11.6. The lowest BCUT2D eigenvalue weighted by Crippen LogP contribution is -2.59. The van der Waals surface area contributed by atoms with Gasteiger partial charge in [-0.3, -0.25) is 0 Å². The van der Waals surface area contributed by atoms with Gasteiger partial charge >= 0.3 is 0 Å². The van der Waals surface area contributed by atoms with Gasteiger partial charge in [0.25, 0.3) is 0 Å². The van der Waals surface area contributed by atoms with E-state index in [9.17, 15) is 0 Å². The minimum atomic E-state index is 0.0721. The molecule has 16 heavy (non-hydrogen) atoms. The van der Waals surface area contributed by atoms with E-state index in [1.807, 2.05) is 12.1 Å². The highest BCUT2D eigenvalue weighted by molar-refractivity contribution is 4.98. The van der Waals surface area contributed by atoms with Crippen molar-refractivity contribution < 1.29 is 9.15 Å². The number of ether oxygens (including phenoxy) is 1. The van der Waals surface area contributed by atoms with Crippen LogP contribution in [0, 0.1) is 0 Å². The molecule has 0 spiro atoms. The highest BCUT2D eigenvalue weighted by atomic mass is 16.5. The average Bonchev–Trinajstić information content (AvgIpc) is 2.73. The molecule has 1 aliphatic rings. The maximum Gasteiger partial charge on any atom is 0.105 e. The number of nitrogens with one attached hydrogen (secondary N) is 2. The SMILES string of the molecule is CC1(OCCNCCc2ccco2)CNC1. The van der Waals surface area contributed by atoms with Gasteiger partial charge in [-0.2, -0.15) is 0 Å². The molecule has 90 valence electrons. The summed E-state index contributed by atoms with van der Waals surface area (Å²) in [6, 6.07) is 3.92. The number of rotatable bonds is 7. The van der Waals surface area contributed by atoms with Gasteiger partial charge in [-0.1, -0.05) is 0 Å². The van der Waals surface area contributed by atoms with Crippen molar-refractivity contribution in [3.63, 3.8) is 0 Å². The van der Waals surface area contributed by atoms with Crippen molar-refractivity contribution >= 4 is 0 Å². The third-order valence-corrected chi connectivity index (χ3v) is 2.86. The monoisotopic (exact) mass is 224 g/mol. The predicted molar refractivity (Wildman–Crippen MR) is 62.5 cm³/mol. The third-order valence-electron chi connectivity index (χ3n) is 2.86. The van der Waals surface area contributed by atoms with Crippen LogP contribution in [0.4, 0.5) is 0 Å². The van der Waals surface area contributed by atoms with Crippen molar-refractivity contribution in [3.05, 3.63) is 24.2 Å². The van der Waals surface area contributed by atoms with E-state index in [0.717, 1.165) is 45.0 Å². The van der Waals surface area contributed by atoms with E-state index in [1.165, 1.54) is 0 Å². The number of furan rings is 1. The minimum Gasteiger partial charge on any atom is -0.469 e. The van der Waals surface area contributed by atoms with Gasteiger partial charge in [0.05, 0.1) is 18.5 Å². The summed E-state index contributed by atoms with van der Waals surface area (Å²) >= 11 is 0. The van der Waals surface area contributed by atoms with Gasteiger partial charge in [-0.15, -0.1) is 0 Å². The third kappa shape index (κ3) is 3.33. The van der Waals surface area contributed by atoms with Crippen LogP contribution in [-0.4, -0.2) is 38.4 Å². The second-order valence-corrected chi connectivity index (χ2v) is 4.48. The van der Waals surface area contributed by atoms with Crippen LogP contribution >= 0.6 is 0 Å². The van der Waals surface area contributed by atoms with Crippen LogP contribution in [-0.2, 0) is 11.2 Å². The maximum atomic E-state index is 5.75. The molecule has 1 saturated heterocycles. The van der Waals surface area contributed by atoms with Crippen LogP contribution in [0.1, 0.15) is 12.7 Å². The molecule has 4 heteroatoms. The van der Waals surface area contributed by atoms with Crippen LogP contribution in [0.15, 0.2) is 22.8 Å². The van der Waals surface area contributed by atoms with Gasteiger partial charge in [-0.25, -0.2) is 0 Å². The Hall–Kier alpha value is -0.840. The smallest absolute Gasteiger partial charge is 0.105 e. The Morgan fingerprint density at radius 3 is 3.00 bits per heavy atom. The van der Waals surface area contributed by atoms with Crippen molar-refractivity contribution in [3.8, 4) is 0 Å². The van der Waals surface area contributed by atoms with Crippen molar-refractivity contribution in [1.82, 2.24) is 10.6 Å². The summed E-state index contributed by atoms with van der Waals surface area (Å²) in [4.78, 5) is 0. The van der Waals surface area contributed by atoms with Crippen LogP contribution in [0.5, 0.6) is 0 Å². The summed E-state index contributed by atoms with van der Waals surface area (Å²) in [5.41, 5.74) is 0.0721. The molecule has 0 radical (unpaired) electrons. The standard InChI is InChI=1S/C12H20N2O2/c1-12(9-14-10-12)16-8-6-13-5-4-11-3-2-7-15-11/h2-3,7,13-14H,4-6,8-10H2,1H3. The zero-order valence-electron chi connectivity index (χ0n) is 9.79. The topological polar surface area (TPSA) is 46.4 Å². The minimum absolute atomic E-state index is 0.0721. The fraction of sp³-hybridized carbons (Fsp3) is 0.667. The van der Waals surface area contributed by atoms with Crippen LogP contribution < -0.4 is 10.6 Å². The van der Waals surface area contributed by atoms with Gasteiger partial charge in [-0.05, 0) is 19.1 Å². The molecule has 0 bridgehead atoms. The quantitative estimate of drug-likeness (QED) is 0.672. The van der Waals surface area contributed by atoms with Crippen LogP contribution in [0.3, 0.4) is 0 Å². The van der Waals surface area contributed by atoms with Crippen molar-refractivity contribution in [1.29, 1.82) is 0 Å². The first-order valence-electron chi connectivity index (χ1n) is 5.86. The summed E-state index contributed by atoms with van der Waals surface area (Å²) in [6.45, 7) is 6.70. The van der Waals surface area contributed by atoms with E-state index in [0.29, 0.717) is 0 Å². The molecule has 1 aromatic rings. The first-order chi connectivity index (χ1) is 7.79. The van der Waals surface area contributed by atoms with Crippen molar-refractivity contribution in [2.45, 2.75) is 18.9 Å². The normalized spacial score (nSPS) is 18.3. The lowest BCUT2D eigenvalue weighted by atomic mass is 10.0. The molecule has 2 rings (SSSR count). The molecule has 2 heterocycles. The Bertz CT molecular complexity index is 294. The Balaban J connectivity index is 1.46. The fourth-order valence-electron chi connectivity index (χ4n) is 1.74. The molecule has 2 N–H and O–H groups in total. The van der Waals surface area contributed by atoms with Crippen LogP contribution in [0.2, 0.25) is 0 Å². The van der Waals surface area contributed by atoms with E-state index in [1.54, 1.807) is 6.26 Å². The molecule has 0 saturated carbocycles. The summed E-state index contributed by atoms with van der Waals surface area (Å²) in [6.07, 6.45) is 2.65. The second-order valence-electron chi connectivity index (χ2n) is 4.48. The molecule has 0 atom stereocenters. The van der Waals surface area contributed by atoms with E-state index >= 15 is 0 Å². The molecular formula is C12H20N2O2. The lowest BCUT2D eigenvalue weighted by Gasteiger charge is -2.39. The predicted octanol–water partition coefficient (Wildman–Crippen LogP) is 0.790. The molecule has 0 aliphatic carbocycles. The first-order valence-corrected chi connectivity index (χ1v) is 5.86. The molecule has 4 nitrogen and oxygen atoms in total. The fourth-order valence-corrected chi connectivity index (χ4v) is 1.74. The molecular weight excluding hydrogens is 204 g/mol. The Morgan fingerprint density at radius 1 is 1.50 bits per heavy atom. The highest BCUT2D eigenvalue weighted by Gasteiger charge is 2.31. The Morgan fingerprint density at radius 2 is 2.38 bits per heavy atom. The number of hydrogen-bond acceptors (Lipinski definition) is 4. The highest BCUT2D eigenvalue weighted by Crippen LogP contribution is 2.14. The number of hydrogen-bond donors (Lipinski definition) is 2. The molecule has 1 aliphatic heterocycles. The summed E-state index contributed by atoms with van der Waals surface area (Å²) < 4.78 is 11.0. The van der Waals surface area contributed by atoms with Gasteiger partial charge in [0.1, 0.15) is 5.76 Å². The zero-order valence-corrected chi connectivity index (χ0v) is 9.79. The second kappa shape index (κ2) is 5.48. The zero-order chi connectivity index (χ0) is 11.3. The van der Waals surface area contributed by atoms with Crippen molar-refractivity contribution in [2.75, 3.05) is 32.8 Å². The van der Waals surface area contributed by atoms with E-state index in [2.05, 4.69) is 17.6 Å². The van der Waals surface area contributed by atoms with E-state index in [-0.39, 0.29) is 5.60 Å². The Labute approximate surface area is 96.4 Å². The van der Waals surface area contributed by atoms with Gasteiger partial charge < -0.3 is 19.8 Å². The summed E-state index contributed by atoms with van der Waals surface area (Å²) in [5, 5.41) is 6.55. The lowest BCUT2D eigenvalue weighted by molar-refractivity contribution is -0.0647. The van der Waals surface area contributed by atoms with E-state index < -0.39 is 0 Å². The average molecular weight is 224 g/mol. The largest absolute Gasteiger partial charge is 0.469 e. The summed E-state index contributed by atoms with van der Waals surface area (Å²) in [5.74, 6) is 1.03. The molecule has 1 fully saturated rings.